The predicted octanol–water partition coefficient (Wildman–Crippen LogP) is 14.9. The van der Waals surface area contributed by atoms with Crippen molar-refractivity contribution in [2.75, 3.05) is 70.5 Å². The lowest BCUT2D eigenvalue weighted by Gasteiger charge is -2.32. The van der Waals surface area contributed by atoms with Gasteiger partial charge in [0.1, 0.15) is 0 Å². The molecule has 2 amide bonds. The molecule has 2 aromatic rings. The van der Waals surface area contributed by atoms with Crippen LogP contribution in [0.3, 0.4) is 0 Å². The molecule has 0 bridgehead atoms. The molecule has 2 aromatic carbocycles. The van der Waals surface area contributed by atoms with E-state index in [0.29, 0.717) is 47.7 Å². The first-order valence-corrected chi connectivity index (χ1v) is 28.4. The van der Waals surface area contributed by atoms with Gasteiger partial charge in [0.05, 0.1) is 35.8 Å². The molecule has 0 atom stereocenters. The molecule has 3 heterocycles. The van der Waals surface area contributed by atoms with Gasteiger partial charge in [-0.3, -0.25) is 19.4 Å². The van der Waals surface area contributed by atoms with Crippen LogP contribution in [0.5, 0.6) is 0 Å². The topological polar surface area (TPSA) is 87.2 Å². The van der Waals surface area contributed by atoms with Crippen molar-refractivity contribution in [2.45, 2.75) is 185 Å². The maximum Gasteiger partial charge on any atom is 0.261 e. The van der Waals surface area contributed by atoms with E-state index < -0.39 is 9.84 Å². The Morgan fingerprint density at radius 3 is 1.21 bits per heavy atom. The van der Waals surface area contributed by atoms with E-state index in [0.717, 1.165) is 50.6 Å². The molecule has 2 saturated heterocycles. The second kappa shape index (κ2) is 39.2. The number of carbonyl (C=O) groups is 2. The van der Waals surface area contributed by atoms with Crippen LogP contribution in [0.25, 0.3) is 0 Å². The standard InChI is InChI=1S/C13H15NO2.C10H14.C9H19NO2S.C9H19NO.C7H14.5C2H6/c1-13(2,3)8-14-11(15)9-6-4-5-7-10(9)12(14)16;1-9(2)8-10-6-4-3-5-7-10;1-9(2,3)8-10-4-6-13(11,12)7-5-10;1-9(2,3)8-10-4-6-11-7-5-10;1-6(2)5-7-3-4-7;5*1-2/h4-7H,8H2,1-3H3;3-7,9H,8H2,1-2H3;4-8H2,1-3H3;4-8H2,1-3H3;6-7H,3-5H2,1-2H3;5*1-2H3. The van der Waals surface area contributed by atoms with Crippen LogP contribution in [0, 0.1) is 34.0 Å². The normalized spacial score (nSPS) is 16.3. The zero-order valence-electron chi connectivity index (χ0n) is 48.3. The van der Waals surface area contributed by atoms with Gasteiger partial charge in [0.15, 0.2) is 9.84 Å². The molecule has 0 N–H and O–H groups in total. The van der Waals surface area contributed by atoms with Crippen molar-refractivity contribution in [1.82, 2.24) is 14.7 Å². The number of ether oxygens (including phenoxy) is 1. The molecule has 1 aliphatic carbocycles. The molecular formula is C58H111N3O5S. The highest BCUT2D eigenvalue weighted by Gasteiger charge is 2.37. The minimum Gasteiger partial charge on any atom is -0.379 e. The first-order chi connectivity index (χ1) is 31.3. The molecule has 1 saturated carbocycles. The summed E-state index contributed by atoms with van der Waals surface area (Å²) in [4.78, 5) is 30.0. The number of rotatable bonds is 7. The highest BCUT2D eigenvalue weighted by Crippen LogP contribution is 2.34. The number of carbonyl (C=O) groups excluding carboxylic acids is 2. The molecule has 0 spiro atoms. The summed E-state index contributed by atoms with van der Waals surface area (Å²) >= 11 is 0. The summed E-state index contributed by atoms with van der Waals surface area (Å²) in [7, 11) is -2.71. The van der Waals surface area contributed by atoms with E-state index in [-0.39, 0.29) is 22.6 Å². The Hall–Kier alpha value is -2.59. The monoisotopic (exact) mass is 962 g/mol. The van der Waals surface area contributed by atoms with Crippen molar-refractivity contribution in [3.63, 3.8) is 0 Å². The van der Waals surface area contributed by atoms with Gasteiger partial charge in [0.2, 0.25) is 0 Å². The van der Waals surface area contributed by atoms with Crippen LogP contribution in [0.1, 0.15) is 205 Å². The van der Waals surface area contributed by atoms with Crippen LogP contribution in [0.15, 0.2) is 54.6 Å². The van der Waals surface area contributed by atoms with Crippen molar-refractivity contribution in [3.8, 4) is 0 Å². The summed E-state index contributed by atoms with van der Waals surface area (Å²) in [6, 6.07) is 17.6. The number of benzene rings is 2. The molecule has 9 heteroatoms. The molecule has 4 aliphatic rings. The Bertz CT molecular complexity index is 1530. The third-order valence-electron chi connectivity index (χ3n) is 9.44. The molecule has 3 fully saturated rings. The lowest BCUT2D eigenvalue weighted by Crippen LogP contribution is -2.43. The van der Waals surface area contributed by atoms with Crippen molar-refractivity contribution >= 4 is 21.7 Å². The van der Waals surface area contributed by atoms with E-state index in [4.69, 9.17) is 4.74 Å². The van der Waals surface area contributed by atoms with E-state index in [1.54, 1.807) is 24.3 Å². The maximum absolute atomic E-state index is 12.0. The molecule has 3 aliphatic heterocycles. The van der Waals surface area contributed by atoms with Crippen LogP contribution in [0.4, 0.5) is 0 Å². The summed E-state index contributed by atoms with van der Waals surface area (Å²) in [5, 5.41) is 0. The molecule has 6 rings (SSSR count). The van der Waals surface area contributed by atoms with Crippen LogP contribution in [0.2, 0.25) is 0 Å². The molecule has 0 radical (unpaired) electrons. The summed E-state index contributed by atoms with van der Waals surface area (Å²) < 4.78 is 27.5. The van der Waals surface area contributed by atoms with Gasteiger partial charge in [0.25, 0.3) is 11.8 Å². The Kier molecular flexibility index (Phi) is 41.5. The SMILES string of the molecule is CC.CC.CC.CC.CC.CC(C)(C)CN1C(=O)c2ccccc2C1=O.CC(C)(C)CN1CCOCC1.CC(C)(C)CN1CCS(=O)(=O)CC1.CC(C)CC1CC1.CC(C)Cc1ccccc1. The molecule has 67 heavy (non-hydrogen) atoms. The third kappa shape index (κ3) is 38.9. The van der Waals surface area contributed by atoms with E-state index in [1.807, 2.05) is 90.0 Å². The van der Waals surface area contributed by atoms with Gasteiger partial charge < -0.3 is 9.64 Å². The fraction of sp³-hybridized carbons (Fsp3) is 0.759. The second-order valence-corrected chi connectivity index (χ2v) is 23.2. The van der Waals surface area contributed by atoms with Gasteiger partial charge in [0, 0.05) is 45.8 Å². The van der Waals surface area contributed by atoms with Gasteiger partial charge in [-0.1, -0.05) is 215 Å². The van der Waals surface area contributed by atoms with E-state index in [2.05, 4.69) is 109 Å². The van der Waals surface area contributed by atoms with E-state index in [1.165, 1.54) is 42.7 Å². The fourth-order valence-electron chi connectivity index (χ4n) is 6.97. The number of amides is 2. The number of nitrogens with zero attached hydrogens (tertiary/aromatic N) is 3. The highest BCUT2D eigenvalue weighted by molar-refractivity contribution is 7.91. The zero-order chi connectivity index (χ0) is 53.0. The van der Waals surface area contributed by atoms with Crippen molar-refractivity contribution in [1.29, 1.82) is 0 Å². The van der Waals surface area contributed by atoms with Gasteiger partial charge >= 0.3 is 0 Å². The first kappa shape index (κ1) is 71.0. The second-order valence-electron chi connectivity index (χ2n) is 20.9. The summed E-state index contributed by atoms with van der Waals surface area (Å²) in [6.07, 6.45) is 5.69. The number of hydrogen-bond acceptors (Lipinski definition) is 7. The fourth-order valence-corrected chi connectivity index (χ4v) is 8.25. The lowest BCUT2D eigenvalue weighted by atomic mass is 9.96. The largest absolute Gasteiger partial charge is 0.379 e. The van der Waals surface area contributed by atoms with Crippen LogP contribution >= 0.6 is 0 Å². The minimum absolute atomic E-state index is 0.0760. The Morgan fingerprint density at radius 2 is 0.896 bits per heavy atom. The van der Waals surface area contributed by atoms with Crippen LogP contribution < -0.4 is 0 Å². The molecule has 394 valence electrons. The van der Waals surface area contributed by atoms with E-state index in [9.17, 15) is 18.0 Å². The zero-order valence-corrected chi connectivity index (χ0v) is 49.1. The van der Waals surface area contributed by atoms with Gasteiger partial charge in [-0.2, -0.15) is 0 Å². The Labute approximate surface area is 418 Å². The summed E-state index contributed by atoms with van der Waals surface area (Å²) in [5.74, 6) is 3.16. The molecular weight excluding hydrogens is 851 g/mol. The van der Waals surface area contributed by atoms with Gasteiger partial charge in [-0.05, 0) is 64.5 Å². The smallest absolute Gasteiger partial charge is 0.261 e. The number of fused-ring (bicyclic) bond motifs is 1. The van der Waals surface area contributed by atoms with Crippen LogP contribution in [-0.4, -0.2) is 105 Å². The predicted molar refractivity (Wildman–Crippen MR) is 296 cm³/mol. The minimum atomic E-state index is -2.71. The number of imide groups is 1. The third-order valence-corrected chi connectivity index (χ3v) is 11.0. The Morgan fingerprint density at radius 1 is 0.537 bits per heavy atom. The Balaban J connectivity index is -0.000000359. The average molecular weight is 963 g/mol. The van der Waals surface area contributed by atoms with E-state index >= 15 is 0 Å². The van der Waals surface area contributed by atoms with Crippen molar-refractivity contribution in [3.05, 3.63) is 71.3 Å². The van der Waals surface area contributed by atoms with Crippen LogP contribution in [-0.2, 0) is 21.0 Å². The summed E-state index contributed by atoms with van der Waals surface area (Å²) in [5.41, 5.74) is 3.11. The van der Waals surface area contributed by atoms with Gasteiger partial charge in [-0.15, -0.1) is 0 Å². The van der Waals surface area contributed by atoms with Gasteiger partial charge in [-0.25, -0.2) is 8.42 Å². The average Bonchev–Trinajstić information content (AvgIpc) is 4.06. The first-order valence-electron chi connectivity index (χ1n) is 26.6. The quantitative estimate of drug-likeness (QED) is 0.256. The van der Waals surface area contributed by atoms with Crippen molar-refractivity contribution < 1.29 is 22.7 Å². The number of sulfone groups is 1. The molecule has 0 aromatic heterocycles. The molecule has 0 unspecified atom stereocenters. The lowest BCUT2D eigenvalue weighted by molar-refractivity contribution is 0.0236. The highest BCUT2D eigenvalue weighted by atomic mass is 32.2. The number of hydrogen-bond donors (Lipinski definition) is 0. The molecule has 8 nitrogen and oxygen atoms in total. The maximum atomic E-state index is 12.0. The number of morpholine rings is 1. The summed E-state index contributed by atoms with van der Waals surface area (Å²) in [6.45, 7) is 56.6. The van der Waals surface area contributed by atoms with Crippen molar-refractivity contribution in [2.24, 2.45) is 34.0 Å².